The number of nitrogens with two attached hydrogens (primary N) is 1. The molecule has 1 aromatic carbocycles. The van der Waals surface area contributed by atoms with Crippen molar-refractivity contribution in [3.05, 3.63) is 49.6 Å². The van der Waals surface area contributed by atoms with Crippen LogP contribution in [0, 0.1) is 0 Å². The van der Waals surface area contributed by atoms with Gasteiger partial charge in [0.1, 0.15) is 12.4 Å². The van der Waals surface area contributed by atoms with Crippen LogP contribution < -0.4 is 10.5 Å². The van der Waals surface area contributed by atoms with Gasteiger partial charge in [-0.1, -0.05) is 30.7 Å². The van der Waals surface area contributed by atoms with Crippen LogP contribution in [-0.2, 0) is 13.0 Å². The second-order valence-corrected chi connectivity index (χ2v) is 7.25. The molecule has 108 valence electrons. The first-order valence-electron chi connectivity index (χ1n) is 6.50. The first-order valence-corrected chi connectivity index (χ1v) is 8.49. The lowest BCUT2D eigenvalue weighted by molar-refractivity contribution is 0.303. The number of benzene rings is 1. The molecular weight excluding hydrogens is 358 g/mol. The van der Waals surface area contributed by atoms with Crippen molar-refractivity contribution in [1.29, 1.82) is 0 Å². The Bertz CT molecular complexity index is 573. The van der Waals surface area contributed by atoms with Crippen molar-refractivity contribution in [2.45, 2.75) is 32.4 Å². The molecule has 2 aromatic rings. The topological polar surface area (TPSA) is 35.2 Å². The smallest absolute Gasteiger partial charge is 0.137 e. The van der Waals surface area contributed by atoms with Gasteiger partial charge in [-0.25, -0.2) is 0 Å². The number of halogens is 2. The van der Waals surface area contributed by atoms with Gasteiger partial charge < -0.3 is 10.5 Å². The van der Waals surface area contributed by atoms with Crippen molar-refractivity contribution < 1.29 is 4.74 Å². The van der Waals surface area contributed by atoms with E-state index in [1.165, 1.54) is 11.3 Å². The fraction of sp³-hybridized carbons (Fsp3) is 0.333. The molecule has 20 heavy (non-hydrogen) atoms. The van der Waals surface area contributed by atoms with Gasteiger partial charge in [0.15, 0.2) is 0 Å². The normalized spacial score (nSPS) is 12.4. The van der Waals surface area contributed by atoms with Crippen LogP contribution in [0.15, 0.2) is 34.8 Å². The molecule has 1 atom stereocenters. The Morgan fingerprint density at radius 3 is 2.80 bits per heavy atom. The van der Waals surface area contributed by atoms with Crippen LogP contribution in [0.2, 0.25) is 4.34 Å². The highest BCUT2D eigenvalue weighted by molar-refractivity contribution is 9.10. The number of rotatable bonds is 6. The fourth-order valence-corrected chi connectivity index (χ4v) is 3.40. The minimum atomic E-state index is 0.155. The zero-order valence-corrected chi connectivity index (χ0v) is 14.4. The summed E-state index contributed by atoms with van der Waals surface area (Å²) in [5.74, 6) is 0.876. The summed E-state index contributed by atoms with van der Waals surface area (Å²) < 4.78 is 7.70. The molecule has 1 aromatic heterocycles. The number of thiophene rings is 1. The molecule has 0 radical (unpaired) electrons. The minimum Gasteiger partial charge on any atom is -0.487 e. The van der Waals surface area contributed by atoms with Crippen molar-refractivity contribution in [1.82, 2.24) is 0 Å². The maximum atomic E-state index is 6.05. The first-order chi connectivity index (χ1) is 9.60. The van der Waals surface area contributed by atoms with Crippen LogP contribution in [0.25, 0.3) is 0 Å². The molecule has 0 saturated carbocycles. The Balaban J connectivity index is 2.12. The second-order valence-electron chi connectivity index (χ2n) is 4.60. The highest BCUT2D eigenvalue weighted by Gasteiger charge is 2.11. The van der Waals surface area contributed by atoms with Crippen LogP contribution in [-0.4, -0.2) is 6.04 Å². The summed E-state index contributed by atoms with van der Waals surface area (Å²) >= 11 is 11.0. The Morgan fingerprint density at radius 1 is 1.35 bits per heavy atom. The summed E-state index contributed by atoms with van der Waals surface area (Å²) in [5.41, 5.74) is 7.18. The Hall–Kier alpha value is -0.550. The molecule has 0 aliphatic carbocycles. The van der Waals surface area contributed by atoms with E-state index in [0.29, 0.717) is 6.61 Å². The second kappa shape index (κ2) is 7.46. The molecule has 0 saturated heterocycles. The predicted molar refractivity (Wildman–Crippen MR) is 89.8 cm³/mol. The van der Waals surface area contributed by atoms with Gasteiger partial charge in [-0.05, 0) is 52.5 Å². The maximum Gasteiger partial charge on any atom is 0.137 e. The predicted octanol–water partition coefficient (Wildman–Crippen LogP) is 5.02. The van der Waals surface area contributed by atoms with E-state index in [4.69, 9.17) is 22.1 Å². The van der Waals surface area contributed by atoms with Crippen LogP contribution >= 0.6 is 38.9 Å². The summed E-state index contributed by atoms with van der Waals surface area (Å²) in [4.78, 5) is 1.11. The van der Waals surface area contributed by atoms with E-state index in [2.05, 4.69) is 28.9 Å². The Morgan fingerprint density at radius 2 is 2.15 bits per heavy atom. The molecule has 2 rings (SSSR count). The van der Waals surface area contributed by atoms with E-state index in [1.54, 1.807) is 0 Å². The Labute approximate surface area is 137 Å². The van der Waals surface area contributed by atoms with Crippen molar-refractivity contribution in [2.75, 3.05) is 0 Å². The molecular formula is C15H17BrClNOS. The van der Waals surface area contributed by atoms with Gasteiger partial charge >= 0.3 is 0 Å². The molecule has 0 spiro atoms. The highest BCUT2D eigenvalue weighted by Crippen LogP contribution is 2.32. The van der Waals surface area contributed by atoms with Gasteiger partial charge in [0, 0.05) is 10.9 Å². The number of hydrogen-bond donors (Lipinski definition) is 1. The molecule has 0 aliphatic heterocycles. The SMILES string of the molecule is CCC(N)Cc1cccc(Br)c1OCc1ccc(Cl)s1. The minimum absolute atomic E-state index is 0.155. The van der Waals surface area contributed by atoms with E-state index in [0.717, 1.165) is 37.8 Å². The average Bonchev–Trinajstić information content (AvgIpc) is 2.83. The van der Waals surface area contributed by atoms with Gasteiger partial charge in [0.05, 0.1) is 8.81 Å². The van der Waals surface area contributed by atoms with Crippen LogP contribution in [0.4, 0.5) is 0 Å². The lowest BCUT2D eigenvalue weighted by Gasteiger charge is -2.15. The summed E-state index contributed by atoms with van der Waals surface area (Å²) in [5, 5.41) is 0. The summed E-state index contributed by atoms with van der Waals surface area (Å²) in [6.45, 7) is 2.62. The maximum absolute atomic E-state index is 6.05. The first kappa shape index (κ1) is 15.8. The highest BCUT2D eigenvalue weighted by atomic mass is 79.9. The zero-order valence-electron chi connectivity index (χ0n) is 11.2. The van der Waals surface area contributed by atoms with E-state index >= 15 is 0 Å². The third-order valence-corrected chi connectivity index (χ3v) is 4.87. The molecule has 2 nitrogen and oxygen atoms in total. The number of hydrogen-bond acceptors (Lipinski definition) is 3. The monoisotopic (exact) mass is 373 g/mol. The lowest BCUT2D eigenvalue weighted by atomic mass is 10.0. The van der Waals surface area contributed by atoms with E-state index in [1.807, 2.05) is 24.3 Å². The quantitative estimate of drug-likeness (QED) is 0.770. The van der Waals surface area contributed by atoms with Gasteiger partial charge in [-0.2, -0.15) is 0 Å². The Kier molecular flexibility index (Phi) is 5.90. The van der Waals surface area contributed by atoms with Gasteiger partial charge in [0.25, 0.3) is 0 Å². The van der Waals surface area contributed by atoms with Gasteiger partial charge in [-0.15, -0.1) is 11.3 Å². The molecule has 0 amide bonds. The molecule has 5 heteroatoms. The largest absolute Gasteiger partial charge is 0.487 e. The van der Waals surface area contributed by atoms with Crippen molar-refractivity contribution in [2.24, 2.45) is 5.73 Å². The van der Waals surface area contributed by atoms with Crippen LogP contribution in [0.5, 0.6) is 5.75 Å². The molecule has 0 fully saturated rings. The third-order valence-electron chi connectivity index (χ3n) is 3.04. The zero-order chi connectivity index (χ0) is 14.5. The van der Waals surface area contributed by atoms with E-state index in [9.17, 15) is 0 Å². The van der Waals surface area contributed by atoms with Crippen molar-refractivity contribution >= 4 is 38.9 Å². The van der Waals surface area contributed by atoms with Crippen molar-refractivity contribution in [3.8, 4) is 5.75 Å². The van der Waals surface area contributed by atoms with Crippen molar-refractivity contribution in [3.63, 3.8) is 0 Å². The van der Waals surface area contributed by atoms with Gasteiger partial charge in [0.2, 0.25) is 0 Å². The standard InChI is InChI=1S/C15H17BrClNOS/c1-2-11(18)8-10-4-3-5-13(16)15(10)19-9-12-6-7-14(17)20-12/h3-7,11H,2,8-9,18H2,1H3. The number of para-hydroxylation sites is 1. The summed E-state index contributed by atoms with van der Waals surface area (Å²) in [6.07, 6.45) is 1.77. The molecule has 1 heterocycles. The molecule has 0 aliphatic rings. The average molecular weight is 375 g/mol. The van der Waals surface area contributed by atoms with Crippen LogP contribution in [0.1, 0.15) is 23.8 Å². The molecule has 2 N–H and O–H groups in total. The third kappa shape index (κ3) is 4.22. The van der Waals surface area contributed by atoms with Gasteiger partial charge in [-0.3, -0.25) is 0 Å². The fourth-order valence-electron chi connectivity index (χ4n) is 1.88. The van der Waals surface area contributed by atoms with Crippen LogP contribution in [0.3, 0.4) is 0 Å². The lowest BCUT2D eigenvalue weighted by Crippen LogP contribution is -2.21. The van der Waals surface area contributed by atoms with E-state index in [-0.39, 0.29) is 6.04 Å². The summed E-state index contributed by atoms with van der Waals surface area (Å²) in [7, 11) is 0. The number of ether oxygens (including phenoxy) is 1. The molecule has 1 unspecified atom stereocenters. The molecule has 0 bridgehead atoms. The summed E-state index contributed by atoms with van der Waals surface area (Å²) in [6, 6.07) is 10.1. The van der Waals surface area contributed by atoms with E-state index < -0.39 is 0 Å².